The third kappa shape index (κ3) is 3.06. The molecule has 5 heteroatoms. The van der Waals surface area contributed by atoms with Gasteiger partial charge in [-0.2, -0.15) is 0 Å². The van der Waals surface area contributed by atoms with Gasteiger partial charge in [0.05, 0.1) is 19.3 Å². The van der Waals surface area contributed by atoms with Crippen LogP contribution in [0.1, 0.15) is 18.6 Å². The second-order valence-electron chi connectivity index (χ2n) is 6.85. The van der Waals surface area contributed by atoms with Crippen LogP contribution in [-0.2, 0) is 16.0 Å². The van der Waals surface area contributed by atoms with Crippen molar-refractivity contribution < 1.29 is 13.9 Å². The Morgan fingerprint density at radius 3 is 2.86 bits per heavy atom. The van der Waals surface area contributed by atoms with Gasteiger partial charge in [0, 0.05) is 39.2 Å². The molecule has 2 aliphatic rings. The van der Waals surface area contributed by atoms with E-state index in [0.29, 0.717) is 17.8 Å². The molecule has 0 radical (unpaired) electrons. The van der Waals surface area contributed by atoms with E-state index in [0.717, 1.165) is 51.4 Å². The average molecular weight is 306 g/mol. The van der Waals surface area contributed by atoms with Gasteiger partial charge in [0.2, 0.25) is 5.91 Å². The highest BCUT2D eigenvalue weighted by Crippen LogP contribution is 2.44. The molecule has 0 aliphatic carbocycles. The number of carbonyl (C=O) groups is 1. The van der Waals surface area contributed by atoms with Crippen LogP contribution in [0.3, 0.4) is 0 Å². The van der Waals surface area contributed by atoms with E-state index >= 15 is 0 Å². The standard InChI is InChI=1S/C17H26N2O3/c1-18-11-14(12-21-2)17(13-18)5-7-19(8-6-17)16(20)10-15-4-3-9-22-15/h3-4,9,14H,5-8,10-13H2,1-2H3/t14-/m1/s1. The van der Waals surface area contributed by atoms with Gasteiger partial charge in [-0.15, -0.1) is 0 Å². The molecule has 1 aromatic heterocycles. The highest BCUT2D eigenvalue weighted by molar-refractivity contribution is 5.78. The van der Waals surface area contributed by atoms with Crippen molar-refractivity contribution >= 4 is 5.91 Å². The number of rotatable bonds is 4. The van der Waals surface area contributed by atoms with Crippen LogP contribution in [0, 0.1) is 11.3 Å². The molecule has 1 aromatic rings. The number of methoxy groups -OCH3 is 1. The van der Waals surface area contributed by atoms with Gasteiger partial charge in [-0.1, -0.05) is 0 Å². The zero-order chi connectivity index (χ0) is 15.6. The van der Waals surface area contributed by atoms with Crippen molar-refractivity contribution in [1.82, 2.24) is 9.80 Å². The highest BCUT2D eigenvalue weighted by atomic mass is 16.5. The molecule has 5 nitrogen and oxygen atoms in total. The fourth-order valence-corrected chi connectivity index (χ4v) is 4.17. The number of nitrogens with zero attached hydrogens (tertiary/aromatic N) is 2. The van der Waals surface area contributed by atoms with Crippen molar-refractivity contribution in [2.45, 2.75) is 19.3 Å². The maximum absolute atomic E-state index is 12.4. The van der Waals surface area contributed by atoms with Gasteiger partial charge >= 0.3 is 0 Å². The highest BCUT2D eigenvalue weighted by Gasteiger charge is 2.47. The van der Waals surface area contributed by atoms with Gasteiger partial charge in [-0.05, 0) is 37.4 Å². The number of piperidine rings is 1. The summed E-state index contributed by atoms with van der Waals surface area (Å²) in [6.45, 7) is 4.77. The largest absolute Gasteiger partial charge is 0.469 e. The summed E-state index contributed by atoms with van der Waals surface area (Å²) in [4.78, 5) is 16.8. The molecule has 3 heterocycles. The summed E-state index contributed by atoms with van der Waals surface area (Å²) in [6.07, 6.45) is 4.16. The third-order valence-corrected chi connectivity index (χ3v) is 5.37. The Morgan fingerprint density at radius 1 is 1.45 bits per heavy atom. The van der Waals surface area contributed by atoms with Crippen LogP contribution in [0.5, 0.6) is 0 Å². The zero-order valence-corrected chi connectivity index (χ0v) is 13.6. The molecule has 2 aliphatic heterocycles. The van der Waals surface area contributed by atoms with E-state index in [4.69, 9.17) is 9.15 Å². The van der Waals surface area contributed by atoms with Gasteiger partial charge in [0.25, 0.3) is 0 Å². The van der Waals surface area contributed by atoms with Crippen LogP contribution < -0.4 is 0 Å². The second kappa shape index (κ2) is 6.42. The normalized spacial score (nSPS) is 25.0. The first-order valence-corrected chi connectivity index (χ1v) is 8.10. The molecule has 0 saturated carbocycles. The van der Waals surface area contributed by atoms with Crippen molar-refractivity contribution in [3.05, 3.63) is 24.2 Å². The van der Waals surface area contributed by atoms with Crippen molar-refractivity contribution in [3.63, 3.8) is 0 Å². The molecule has 1 amide bonds. The number of furan rings is 1. The van der Waals surface area contributed by atoms with E-state index < -0.39 is 0 Å². The van der Waals surface area contributed by atoms with Gasteiger partial charge in [-0.25, -0.2) is 0 Å². The summed E-state index contributed by atoms with van der Waals surface area (Å²) in [7, 11) is 3.97. The van der Waals surface area contributed by atoms with E-state index in [1.165, 1.54) is 0 Å². The van der Waals surface area contributed by atoms with Gasteiger partial charge in [0.15, 0.2) is 0 Å². The summed E-state index contributed by atoms with van der Waals surface area (Å²) >= 11 is 0. The summed E-state index contributed by atoms with van der Waals surface area (Å²) in [5, 5.41) is 0. The molecular formula is C17H26N2O3. The maximum atomic E-state index is 12.4. The van der Waals surface area contributed by atoms with E-state index in [2.05, 4.69) is 11.9 Å². The Bertz CT molecular complexity index is 492. The van der Waals surface area contributed by atoms with Crippen LogP contribution in [-0.4, -0.2) is 62.7 Å². The van der Waals surface area contributed by atoms with Crippen LogP contribution in [0.2, 0.25) is 0 Å². The van der Waals surface area contributed by atoms with E-state index in [1.54, 1.807) is 13.4 Å². The molecule has 1 spiro atoms. The Balaban J connectivity index is 1.58. The lowest BCUT2D eigenvalue weighted by Crippen LogP contribution is -2.47. The molecule has 22 heavy (non-hydrogen) atoms. The number of carbonyl (C=O) groups excluding carboxylic acids is 1. The quantitative estimate of drug-likeness (QED) is 0.848. The molecular weight excluding hydrogens is 280 g/mol. The van der Waals surface area contributed by atoms with Crippen LogP contribution in [0.25, 0.3) is 0 Å². The first-order chi connectivity index (χ1) is 10.6. The predicted octanol–water partition coefficient (Wildman–Crippen LogP) is 1.64. The Kier molecular flexibility index (Phi) is 4.54. The topological polar surface area (TPSA) is 45.9 Å². The molecule has 2 fully saturated rings. The summed E-state index contributed by atoms with van der Waals surface area (Å²) in [5.41, 5.74) is 0.326. The van der Waals surface area contributed by atoms with Crippen molar-refractivity contribution in [1.29, 1.82) is 0 Å². The van der Waals surface area contributed by atoms with Gasteiger partial charge < -0.3 is 19.0 Å². The number of ether oxygens (including phenoxy) is 1. The first kappa shape index (κ1) is 15.6. The molecule has 0 aromatic carbocycles. The van der Waals surface area contributed by atoms with Crippen molar-refractivity contribution in [2.24, 2.45) is 11.3 Å². The van der Waals surface area contributed by atoms with Crippen LogP contribution in [0.15, 0.2) is 22.8 Å². The zero-order valence-electron chi connectivity index (χ0n) is 13.6. The summed E-state index contributed by atoms with van der Waals surface area (Å²) in [6, 6.07) is 3.70. The SMILES string of the molecule is COC[C@H]1CN(C)CC12CCN(C(=O)Cc1ccco1)CC2. The lowest BCUT2D eigenvalue weighted by molar-refractivity contribution is -0.133. The summed E-state index contributed by atoms with van der Waals surface area (Å²) < 4.78 is 10.7. The number of hydrogen-bond acceptors (Lipinski definition) is 4. The molecule has 0 bridgehead atoms. The Hall–Kier alpha value is -1.33. The van der Waals surface area contributed by atoms with Crippen LogP contribution in [0.4, 0.5) is 0 Å². The van der Waals surface area contributed by atoms with E-state index in [9.17, 15) is 4.79 Å². The lowest BCUT2D eigenvalue weighted by atomic mass is 9.71. The number of likely N-dealkylation sites (tertiary alicyclic amines) is 2. The minimum absolute atomic E-state index is 0.180. The number of amides is 1. The third-order valence-electron chi connectivity index (χ3n) is 5.37. The molecule has 122 valence electrons. The fourth-order valence-electron chi connectivity index (χ4n) is 4.17. The summed E-state index contributed by atoms with van der Waals surface area (Å²) in [5.74, 6) is 1.52. The molecule has 2 saturated heterocycles. The average Bonchev–Trinajstić information content (AvgIpc) is 3.09. The van der Waals surface area contributed by atoms with Crippen molar-refractivity contribution in [2.75, 3.05) is 46.9 Å². The maximum Gasteiger partial charge on any atom is 0.230 e. The van der Waals surface area contributed by atoms with E-state index in [-0.39, 0.29) is 5.91 Å². The Morgan fingerprint density at radius 2 is 2.23 bits per heavy atom. The van der Waals surface area contributed by atoms with Crippen molar-refractivity contribution in [3.8, 4) is 0 Å². The van der Waals surface area contributed by atoms with Gasteiger partial charge in [0.1, 0.15) is 5.76 Å². The van der Waals surface area contributed by atoms with Gasteiger partial charge in [-0.3, -0.25) is 4.79 Å². The minimum atomic E-state index is 0.180. The molecule has 3 rings (SSSR count). The first-order valence-electron chi connectivity index (χ1n) is 8.10. The lowest BCUT2D eigenvalue weighted by Gasteiger charge is -2.42. The monoisotopic (exact) mass is 306 g/mol. The molecule has 1 atom stereocenters. The second-order valence-corrected chi connectivity index (χ2v) is 6.85. The Labute approximate surface area is 132 Å². The molecule has 0 unspecified atom stereocenters. The van der Waals surface area contributed by atoms with Crippen LogP contribution >= 0.6 is 0 Å². The predicted molar refractivity (Wildman–Crippen MR) is 83.5 cm³/mol. The number of hydrogen-bond donors (Lipinski definition) is 0. The fraction of sp³-hybridized carbons (Fsp3) is 0.706. The van der Waals surface area contributed by atoms with E-state index in [1.807, 2.05) is 17.0 Å². The molecule has 0 N–H and O–H groups in total. The minimum Gasteiger partial charge on any atom is -0.469 e. The smallest absolute Gasteiger partial charge is 0.230 e.